The lowest BCUT2D eigenvalue weighted by atomic mass is 10.1. The number of carbonyl (C=O) groups is 1. The topological polar surface area (TPSA) is 37.3 Å². The maximum atomic E-state index is 11.0. The van der Waals surface area contributed by atoms with Gasteiger partial charge < -0.3 is 5.11 Å². The Balaban J connectivity index is 2.76. The molecule has 0 aromatic carbocycles. The number of hydrogen-bond acceptors (Lipinski definition) is 2. The fourth-order valence-electron chi connectivity index (χ4n) is 0.964. The van der Waals surface area contributed by atoms with Crippen LogP contribution in [0.5, 0.6) is 0 Å². The fraction of sp³-hybridized carbons (Fsp3) is 0.375. The second-order valence-electron chi connectivity index (χ2n) is 2.25. The Hall–Kier alpha value is -1.05. The van der Waals surface area contributed by atoms with Crippen LogP contribution in [0.25, 0.3) is 0 Å². The summed E-state index contributed by atoms with van der Waals surface area (Å²) in [6.45, 7) is 1.79. The molecule has 0 aliphatic heterocycles. The van der Waals surface area contributed by atoms with Gasteiger partial charge in [-0.25, -0.2) is 0 Å². The maximum Gasteiger partial charge on any atom is 0.162 e. The highest BCUT2D eigenvalue weighted by atomic mass is 16.3. The van der Waals surface area contributed by atoms with Crippen molar-refractivity contribution in [2.24, 2.45) is 0 Å². The number of carbonyl (C=O) groups excluding carboxylic acids is 1. The molecule has 0 atom stereocenters. The van der Waals surface area contributed by atoms with E-state index in [2.05, 4.69) is 0 Å². The summed E-state index contributed by atoms with van der Waals surface area (Å²) in [6.07, 6.45) is 4.43. The smallest absolute Gasteiger partial charge is 0.162 e. The first-order chi connectivity index (χ1) is 4.75. The molecule has 0 amide bonds. The zero-order chi connectivity index (χ0) is 7.56. The molecule has 0 heterocycles. The van der Waals surface area contributed by atoms with E-state index in [-0.39, 0.29) is 11.5 Å². The molecule has 1 aliphatic carbocycles. The van der Waals surface area contributed by atoms with Crippen LogP contribution in [0.15, 0.2) is 23.5 Å². The van der Waals surface area contributed by atoms with E-state index in [1.54, 1.807) is 19.1 Å². The third kappa shape index (κ3) is 1.10. The minimum Gasteiger partial charge on any atom is -0.508 e. The molecule has 2 heteroatoms. The molecule has 0 saturated heterocycles. The quantitative estimate of drug-likeness (QED) is 0.631. The minimum atomic E-state index is 0.0440. The van der Waals surface area contributed by atoms with Gasteiger partial charge in [-0.05, 0) is 12.5 Å². The third-order valence-corrected chi connectivity index (χ3v) is 1.56. The lowest BCUT2D eigenvalue weighted by molar-refractivity contribution is -0.115. The van der Waals surface area contributed by atoms with Crippen LogP contribution >= 0.6 is 0 Å². The molecule has 0 aromatic heterocycles. The van der Waals surface area contributed by atoms with Gasteiger partial charge in [0.2, 0.25) is 0 Å². The largest absolute Gasteiger partial charge is 0.508 e. The first kappa shape index (κ1) is 7.06. The molecule has 1 N–H and O–H groups in total. The third-order valence-electron chi connectivity index (χ3n) is 1.56. The number of allylic oxidation sites excluding steroid dienone is 3. The van der Waals surface area contributed by atoms with Crippen LogP contribution in [-0.2, 0) is 4.79 Å². The van der Waals surface area contributed by atoms with Gasteiger partial charge >= 0.3 is 0 Å². The molecule has 2 nitrogen and oxygen atoms in total. The standard InChI is InChI=1S/C8H10O2/c1-2-7(9)6-4-3-5-8(6)10/h3,5,10H,2,4H2,1H3. The number of Topliss-reactive ketones (excluding diaryl/α,β-unsaturated/α-hetero) is 1. The van der Waals surface area contributed by atoms with E-state index in [1.807, 2.05) is 0 Å². The SMILES string of the molecule is CCC(=O)C1=C(O)C=CC1. The molecular formula is C8H10O2. The summed E-state index contributed by atoms with van der Waals surface area (Å²) in [7, 11) is 0. The van der Waals surface area contributed by atoms with Crippen LogP contribution in [-0.4, -0.2) is 10.9 Å². The van der Waals surface area contributed by atoms with E-state index in [4.69, 9.17) is 5.11 Å². The van der Waals surface area contributed by atoms with Crippen LogP contribution in [0.3, 0.4) is 0 Å². The Kier molecular flexibility index (Phi) is 1.90. The van der Waals surface area contributed by atoms with Gasteiger partial charge in [0.1, 0.15) is 5.76 Å². The van der Waals surface area contributed by atoms with Crippen molar-refractivity contribution in [2.45, 2.75) is 19.8 Å². The summed E-state index contributed by atoms with van der Waals surface area (Å²) in [5.74, 6) is 0.189. The summed E-state index contributed by atoms with van der Waals surface area (Å²) < 4.78 is 0. The maximum absolute atomic E-state index is 11.0. The van der Waals surface area contributed by atoms with Gasteiger partial charge in [-0.3, -0.25) is 4.79 Å². The van der Waals surface area contributed by atoms with E-state index < -0.39 is 0 Å². The summed E-state index contributed by atoms with van der Waals surface area (Å²) >= 11 is 0. The molecule has 0 bridgehead atoms. The highest BCUT2D eigenvalue weighted by Crippen LogP contribution is 2.18. The molecule has 10 heavy (non-hydrogen) atoms. The molecule has 54 valence electrons. The molecule has 0 unspecified atom stereocenters. The van der Waals surface area contributed by atoms with Crippen molar-refractivity contribution >= 4 is 5.78 Å². The normalized spacial score (nSPS) is 16.5. The van der Waals surface area contributed by atoms with Gasteiger partial charge in [0.05, 0.1) is 0 Å². The monoisotopic (exact) mass is 138 g/mol. The average molecular weight is 138 g/mol. The summed E-state index contributed by atoms with van der Waals surface area (Å²) in [4.78, 5) is 11.0. The summed E-state index contributed by atoms with van der Waals surface area (Å²) in [5.41, 5.74) is 0.558. The second-order valence-corrected chi connectivity index (χ2v) is 2.25. The zero-order valence-corrected chi connectivity index (χ0v) is 5.92. The van der Waals surface area contributed by atoms with Crippen molar-refractivity contribution in [1.29, 1.82) is 0 Å². The Bertz CT molecular complexity index is 211. The first-order valence-electron chi connectivity index (χ1n) is 3.37. The lowest BCUT2D eigenvalue weighted by Crippen LogP contribution is -1.99. The molecule has 0 radical (unpaired) electrons. The van der Waals surface area contributed by atoms with Crippen molar-refractivity contribution in [1.82, 2.24) is 0 Å². The Morgan fingerprint density at radius 3 is 2.90 bits per heavy atom. The number of hydrogen-bond donors (Lipinski definition) is 1. The van der Waals surface area contributed by atoms with E-state index in [1.165, 1.54) is 0 Å². The minimum absolute atomic E-state index is 0.0440. The molecule has 1 rings (SSSR count). The van der Waals surface area contributed by atoms with E-state index in [0.717, 1.165) is 0 Å². The Labute approximate surface area is 59.9 Å². The van der Waals surface area contributed by atoms with Crippen LogP contribution in [0.2, 0.25) is 0 Å². The van der Waals surface area contributed by atoms with Crippen molar-refractivity contribution in [3.05, 3.63) is 23.5 Å². The van der Waals surface area contributed by atoms with Gasteiger partial charge in [0.25, 0.3) is 0 Å². The van der Waals surface area contributed by atoms with E-state index >= 15 is 0 Å². The number of rotatable bonds is 2. The molecular weight excluding hydrogens is 128 g/mol. The predicted molar refractivity (Wildman–Crippen MR) is 38.7 cm³/mol. The number of aliphatic hydroxyl groups excluding tert-OH is 1. The molecule has 0 aromatic rings. The van der Waals surface area contributed by atoms with Gasteiger partial charge in [-0.2, -0.15) is 0 Å². The Morgan fingerprint density at radius 2 is 2.50 bits per heavy atom. The van der Waals surface area contributed by atoms with Crippen molar-refractivity contribution in [3.63, 3.8) is 0 Å². The highest BCUT2D eigenvalue weighted by Gasteiger charge is 2.13. The fourth-order valence-corrected chi connectivity index (χ4v) is 0.964. The van der Waals surface area contributed by atoms with E-state index in [0.29, 0.717) is 18.4 Å². The van der Waals surface area contributed by atoms with Crippen LogP contribution in [0.1, 0.15) is 19.8 Å². The number of ketones is 1. The van der Waals surface area contributed by atoms with Crippen LogP contribution in [0, 0.1) is 0 Å². The number of aliphatic hydroxyl groups is 1. The van der Waals surface area contributed by atoms with Crippen LogP contribution in [0.4, 0.5) is 0 Å². The highest BCUT2D eigenvalue weighted by molar-refractivity contribution is 5.96. The first-order valence-corrected chi connectivity index (χ1v) is 3.37. The zero-order valence-electron chi connectivity index (χ0n) is 5.92. The molecule has 1 aliphatic rings. The summed E-state index contributed by atoms with van der Waals surface area (Å²) in [6, 6.07) is 0. The van der Waals surface area contributed by atoms with Crippen molar-refractivity contribution < 1.29 is 9.90 Å². The van der Waals surface area contributed by atoms with Crippen LogP contribution < -0.4 is 0 Å². The lowest BCUT2D eigenvalue weighted by Gasteiger charge is -1.96. The Morgan fingerprint density at radius 1 is 1.80 bits per heavy atom. The predicted octanol–water partition coefficient (Wildman–Crippen LogP) is 1.74. The second kappa shape index (κ2) is 2.69. The van der Waals surface area contributed by atoms with Crippen molar-refractivity contribution in [3.8, 4) is 0 Å². The molecule has 0 fully saturated rings. The van der Waals surface area contributed by atoms with Gasteiger partial charge in [0.15, 0.2) is 5.78 Å². The van der Waals surface area contributed by atoms with Gasteiger partial charge in [0, 0.05) is 12.0 Å². The summed E-state index contributed by atoms with van der Waals surface area (Å²) in [5, 5.41) is 9.06. The van der Waals surface area contributed by atoms with Crippen molar-refractivity contribution in [2.75, 3.05) is 0 Å². The molecule has 0 spiro atoms. The van der Waals surface area contributed by atoms with Gasteiger partial charge in [-0.1, -0.05) is 13.0 Å². The van der Waals surface area contributed by atoms with Gasteiger partial charge in [-0.15, -0.1) is 0 Å². The average Bonchev–Trinajstić information content (AvgIpc) is 2.34. The van der Waals surface area contributed by atoms with E-state index in [9.17, 15) is 4.79 Å². The molecule has 0 saturated carbocycles.